The number of hydrogen-bond donors (Lipinski definition) is 3. The van der Waals surface area contributed by atoms with Gasteiger partial charge in [-0.3, -0.25) is 0 Å². The summed E-state index contributed by atoms with van der Waals surface area (Å²) in [6, 6.07) is 0.226. The van der Waals surface area contributed by atoms with Gasteiger partial charge in [-0.1, -0.05) is 26.2 Å². The SMILES string of the molecule is CCc1nc2c(N)nc(C)c(C)c2n1CCOCCNC(=O)NC1CCCCC1. The van der Waals surface area contributed by atoms with Crippen LogP contribution in [0.2, 0.25) is 0 Å². The minimum Gasteiger partial charge on any atom is -0.382 e. The molecule has 29 heavy (non-hydrogen) atoms. The number of fused-ring (bicyclic) bond motifs is 1. The minimum atomic E-state index is -0.0940. The van der Waals surface area contributed by atoms with Crippen molar-refractivity contribution >= 4 is 22.9 Å². The van der Waals surface area contributed by atoms with Crippen LogP contribution in [-0.2, 0) is 17.7 Å². The lowest BCUT2D eigenvalue weighted by Crippen LogP contribution is -2.43. The number of amides is 2. The number of urea groups is 1. The molecule has 1 saturated carbocycles. The van der Waals surface area contributed by atoms with Crippen molar-refractivity contribution in [1.82, 2.24) is 25.2 Å². The normalized spacial score (nSPS) is 15.0. The molecule has 4 N–H and O–H groups in total. The maximum absolute atomic E-state index is 12.0. The van der Waals surface area contributed by atoms with Crippen LogP contribution < -0.4 is 16.4 Å². The Kier molecular flexibility index (Phi) is 7.30. The standard InChI is InChI=1S/C21H34N6O2/c1-4-17-26-18-19(14(2)15(3)24-20(18)22)27(17)11-13-29-12-10-23-21(28)25-16-8-6-5-7-9-16/h16H,4-13H2,1-3H3,(H2,22,24)(H2,23,25,28). The van der Waals surface area contributed by atoms with E-state index in [1.54, 1.807) is 0 Å². The number of hydrogen-bond acceptors (Lipinski definition) is 5. The van der Waals surface area contributed by atoms with Crippen LogP contribution in [0.4, 0.5) is 10.6 Å². The Morgan fingerprint density at radius 1 is 1.21 bits per heavy atom. The molecule has 8 nitrogen and oxygen atoms in total. The molecule has 2 heterocycles. The number of pyridine rings is 1. The fraction of sp³-hybridized carbons (Fsp3) is 0.667. The van der Waals surface area contributed by atoms with E-state index in [1.165, 1.54) is 19.3 Å². The summed E-state index contributed by atoms with van der Waals surface area (Å²) in [5.74, 6) is 1.46. The third kappa shape index (κ3) is 5.18. The van der Waals surface area contributed by atoms with Crippen molar-refractivity contribution in [2.75, 3.05) is 25.5 Å². The molecule has 1 fully saturated rings. The Hall–Kier alpha value is -2.35. The maximum Gasteiger partial charge on any atom is 0.315 e. The van der Waals surface area contributed by atoms with Gasteiger partial charge in [-0.05, 0) is 32.3 Å². The van der Waals surface area contributed by atoms with Gasteiger partial charge in [-0.2, -0.15) is 0 Å². The highest BCUT2D eigenvalue weighted by Crippen LogP contribution is 2.26. The number of aryl methyl sites for hydroxylation is 3. The van der Waals surface area contributed by atoms with Gasteiger partial charge in [0.05, 0.1) is 18.7 Å². The van der Waals surface area contributed by atoms with Crippen molar-refractivity contribution in [1.29, 1.82) is 0 Å². The van der Waals surface area contributed by atoms with E-state index in [9.17, 15) is 4.79 Å². The van der Waals surface area contributed by atoms with E-state index in [0.29, 0.717) is 38.2 Å². The van der Waals surface area contributed by atoms with E-state index in [4.69, 9.17) is 10.5 Å². The average molecular weight is 403 g/mol. The molecule has 8 heteroatoms. The summed E-state index contributed by atoms with van der Waals surface area (Å²) in [7, 11) is 0. The number of carbonyl (C=O) groups is 1. The van der Waals surface area contributed by atoms with Crippen LogP contribution in [0, 0.1) is 13.8 Å². The van der Waals surface area contributed by atoms with Crippen molar-refractivity contribution in [2.45, 2.75) is 71.9 Å². The lowest BCUT2D eigenvalue weighted by molar-refractivity contribution is 0.128. The Morgan fingerprint density at radius 2 is 1.97 bits per heavy atom. The third-order valence-electron chi connectivity index (χ3n) is 5.72. The van der Waals surface area contributed by atoms with E-state index < -0.39 is 0 Å². The number of carbonyl (C=O) groups excluding carboxylic acids is 1. The summed E-state index contributed by atoms with van der Waals surface area (Å²) in [4.78, 5) is 21.0. The number of nitrogens with one attached hydrogen (secondary N) is 2. The summed E-state index contributed by atoms with van der Waals surface area (Å²) >= 11 is 0. The second-order valence-corrected chi connectivity index (χ2v) is 7.79. The Morgan fingerprint density at radius 3 is 2.69 bits per heavy atom. The van der Waals surface area contributed by atoms with Crippen molar-refractivity contribution in [3.63, 3.8) is 0 Å². The number of nitrogen functional groups attached to an aromatic ring is 1. The molecule has 0 unspecified atom stereocenters. The minimum absolute atomic E-state index is 0.0940. The first kappa shape index (κ1) is 21.4. The van der Waals surface area contributed by atoms with Crippen molar-refractivity contribution in [3.8, 4) is 0 Å². The molecule has 0 aromatic carbocycles. The molecule has 0 spiro atoms. The fourth-order valence-corrected chi connectivity index (χ4v) is 4.04. The molecule has 1 aliphatic carbocycles. The van der Waals surface area contributed by atoms with Crippen LogP contribution in [-0.4, -0.2) is 46.4 Å². The van der Waals surface area contributed by atoms with Crippen molar-refractivity contribution in [3.05, 3.63) is 17.1 Å². The molecule has 0 radical (unpaired) electrons. The lowest BCUT2D eigenvalue weighted by Gasteiger charge is -2.22. The quantitative estimate of drug-likeness (QED) is 0.589. The molecule has 2 amide bonds. The van der Waals surface area contributed by atoms with Crippen LogP contribution in [0.25, 0.3) is 11.0 Å². The van der Waals surface area contributed by atoms with Gasteiger partial charge >= 0.3 is 6.03 Å². The van der Waals surface area contributed by atoms with E-state index in [-0.39, 0.29) is 6.03 Å². The number of aromatic nitrogens is 3. The summed E-state index contributed by atoms with van der Waals surface area (Å²) in [6.07, 6.45) is 6.68. The van der Waals surface area contributed by atoms with E-state index in [2.05, 4.69) is 39.0 Å². The van der Waals surface area contributed by atoms with Gasteiger partial charge in [-0.25, -0.2) is 14.8 Å². The second kappa shape index (κ2) is 9.91. The number of anilines is 1. The van der Waals surface area contributed by atoms with Gasteiger partial charge in [-0.15, -0.1) is 0 Å². The zero-order valence-electron chi connectivity index (χ0n) is 17.9. The third-order valence-corrected chi connectivity index (χ3v) is 5.72. The van der Waals surface area contributed by atoms with E-state index in [1.807, 2.05) is 6.92 Å². The van der Waals surface area contributed by atoms with Gasteiger partial charge < -0.3 is 25.7 Å². The van der Waals surface area contributed by atoms with Gasteiger partial charge in [0.25, 0.3) is 0 Å². The fourth-order valence-electron chi connectivity index (χ4n) is 4.04. The van der Waals surface area contributed by atoms with Gasteiger partial charge in [0.2, 0.25) is 0 Å². The molecular formula is C21H34N6O2. The molecule has 2 aromatic rings. The zero-order chi connectivity index (χ0) is 20.8. The second-order valence-electron chi connectivity index (χ2n) is 7.79. The van der Waals surface area contributed by atoms with Crippen molar-refractivity contribution < 1.29 is 9.53 Å². The zero-order valence-corrected chi connectivity index (χ0v) is 17.9. The summed E-state index contributed by atoms with van der Waals surface area (Å²) in [6.45, 7) is 8.32. The number of imidazole rings is 1. The highest BCUT2D eigenvalue weighted by atomic mass is 16.5. The average Bonchev–Trinajstić information content (AvgIpc) is 3.09. The van der Waals surface area contributed by atoms with Crippen molar-refractivity contribution in [2.24, 2.45) is 0 Å². The Labute approximate surface area is 172 Å². The largest absolute Gasteiger partial charge is 0.382 e. The summed E-state index contributed by atoms with van der Waals surface area (Å²) < 4.78 is 7.94. The molecule has 1 aliphatic rings. The van der Waals surface area contributed by atoms with Crippen LogP contribution in [0.5, 0.6) is 0 Å². The maximum atomic E-state index is 12.0. The summed E-state index contributed by atoms with van der Waals surface area (Å²) in [5, 5.41) is 5.93. The molecule has 160 valence electrons. The Bertz CT molecular complexity index is 842. The topological polar surface area (TPSA) is 107 Å². The highest BCUT2D eigenvalue weighted by molar-refractivity contribution is 5.88. The molecule has 3 rings (SSSR count). The summed E-state index contributed by atoms with van der Waals surface area (Å²) in [5.41, 5.74) is 9.92. The molecule has 2 aromatic heterocycles. The molecular weight excluding hydrogens is 368 g/mol. The Balaban J connectivity index is 1.47. The number of nitrogens with zero attached hydrogens (tertiary/aromatic N) is 3. The molecule has 0 atom stereocenters. The van der Waals surface area contributed by atoms with Crippen LogP contribution >= 0.6 is 0 Å². The monoisotopic (exact) mass is 402 g/mol. The molecule has 0 aliphatic heterocycles. The van der Waals surface area contributed by atoms with Gasteiger partial charge in [0.15, 0.2) is 5.82 Å². The van der Waals surface area contributed by atoms with Gasteiger partial charge in [0.1, 0.15) is 11.3 Å². The predicted octanol–water partition coefficient (Wildman–Crippen LogP) is 2.84. The molecule has 0 bridgehead atoms. The number of ether oxygens (including phenoxy) is 1. The smallest absolute Gasteiger partial charge is 0.315 e. The highest BCUT2D eigenvalue weighted by Gasteiger charge is 2.17. The first-order valence-corrected chi connectivity index (χ1v) is 10.7. The van der Waals surface area contributed by atoms with Crippen LogP contribution in [0.15, 0.2) is 0 Å². The van der Waals surface area contributed by atoms with Crippen LogP contribution in [0.1, 0.15) is 56.1 Å². The number of nitrogens with two attached hydrogens (primary N) is 1. The van der Waals surface area contributed by atoms with E-state index in [0.717, 1.165) is 47.4 Å². The van der Waals surface area contributed by atoms with E-state index >= 15 is 0 Å². The first-order chi connectivity index (χ1) is 14.0. The number of rotatable bonds is 8. The van der Waals surface area contributed by atoms with Crippen LogP contribution in [0.3, 0.4) is 0 Å². The van der Waals surface area contributed by atoms with Gasteiger partial charge in [0, 0.05) is 31.2 Å². The lowest BCUT2D eigenvalue weighted by atomic mass is 9.96. The first-order valence-electron chi connectivity index (χ1n) is 10.7. The molecule has 0 saturated heterocycles. The predicted molar refractivity (Wildman–Crippen MR) is 115 cm³/mol.